The van der Waals surface area contributed by atoms with Crippen molar-refractivity contribution in [1.29, 1.82) is 0 Å². The van der Waals surface area contributed by atoms with Crippen LogP contribution in [0.1, 0.15) is 36.1 Å². The summed E-state index contributed by atoms with van der Waals surface area (Å²) in [7, 11) is 0. The number of hydrogen-bond acceptors (Lipinski definition) is 0. The summed E-state index contributed by atoms with van der Waals surface area (Å²) in [6, 6.07) is 18.4. The van der Waals surface area contributed by atoms with Crippen molar-refractivity contribution in [3.05, 3.63) is 70.8 Å². The van der Waals surface area contributed by atoms with E-state index in [1.807, 2.05) is 0 Å². The first-order valence-electron chi connectivity index (χ1n) is 7.18. The number of benzene rings is 2. The van der Waals surface area contributed by atoms with Gasteiger partial charge in [-0.15, -0.1) is 0 Å². The van der Waals surface area contributed by atoms with Crippen LogP contribution < -0.4 is 0 Å². The van der Waals surface area contributed by atoms with Crippen LogP contribution in [0.3, 0.4) is 0 Å². The molecule has 0 saturated carbocycles. The van der Waals surface area contributed by atoms with Crippen molar-refractivity contribution < 1.29 is 0 Å². The molecule has 0 spiro atoms. The fourth-order valence-corrected chi connectivity index (χ4v) is 5.49. The fourth-order valence-electron chi connectivity index (χ4n) is 2.14. The van der Waals surface area contributed by atoms with Crippen LogP contribution in [0.4, 0.5) is 0 Å². The van der Waals surface area contributed by atoms with Gasteiger partial charge >= 0.3 is 127 Å². The molecule has 0 aliphatic carbocycles. The summed E-state index contributed by atoms with van der Waals surface area (Å²) >= 11 is -0.304. The second-order valence-electron chi connectivity index (χ2n) is 4.94. The van der Waals surface area contributed by atoms with E-state index >= 15 is 0 Å². The van der Waals surface area contributed by atoms with E-state index in [1.165, 1.54) is 31.1 Å². The molecule has 2 aromatic carbocycles. The molecule has 2 rings (SSSR count). The van der Waals surface area contributed by atoms with Crippen molar-refractivity contribution in [3.8, 4) is 0 Å². The molecule has 0 atom stereocenters. The van der Waals surface area contributed by atoms with E-state index in [4.69, 9.17) is 0 Å². The summed E-state index contributed by atoms with van der Waals surface area (Å²) in [6.45, 7) is 4.43. The van der Waals surface area contributed by atoms with Gasteiger partial charge in [0.2, 0.25) is 0 Å². The average molecular weight is 357 g/mol. The Bertz CT molecular complexity index is 435. The van der Waals surface area contributed by atoms with Gasteiger partial charge in [-0.1, -0.05) is 0 Å². The van der Waals surface area contributed by atoms with Crippen molar-refractivity contribution in [2.75, 3.05) is 0 Å². The fraction of sp³-hybridized carbons (Fsp3) is 0.333. The van der Waals surface area contributed by atoms with Gasteiger partial charge in [-0.05, 0) is 0 Å². The van der Waals surface area contributed by atoms with Gasteiger partial charge < -0.3 is 0 Å². The molecule has 0 N–H and O–H groups in total. The first-order chi connectivity index (χ1) is 9.31. The Labute approximate surface area is 127 Å². The Balaban J connectivity index is 1.81. The van der Waals surface area contributed by atoms with Gasteiger partial charge in [0.25, 0.3) is 0 Å². The van der Waals surface area contributed by atoms with Gasteiger partial charge in [0.1, 0.15) is 0 Å². The molecule has 19 heavy (non-hydrogen) atoms. The molecule has 0 aliphatic rings. The Kier molecular flexibility index (Phi) is 5.96. The predicted molar refractivity (Wildman–Crippen MR) is 84.8 cm³/mol. The Morgan fingerprint density at radius 1 is 0.579 bits per heavy atom. The second-order valence-corrected chi connectivity index (χ2v) is 8.39. The van der Waals surface area contributed by atoms with Crippen LogP contribution in [0, 0.1) is 0 Å². The molecule has 0 bridgehead atoms. The van der Waals surface area contributed by atoms with Crippen LogP contribution in [-0.4, -0.2) is 21.1 Å². The van der Waals surface area contributed by atoms with Crippen molar-refractivity contribution in [1.82, 2.24) is 0 Å². The molecular weight excluding hydrogens is 335 g/mol. The quantitative estimate of drug-likeness (QED) is 0.680. The van der Waals surface area contributed by atoms with Crippen LogP contribution in [0.25, 0.3) is 0 Å². The van der Waals surface area contributed by atoms with Gasteiger partial charge in [0.05, 0.1) is 0 Å². The van der Waals surface area contributed by atoms with Crippen LogP contribution >= 0.6 is 0 Å². The second kappa shape index (κ2) is 7.74. The van der Waals surface area contributed by atoms with E-state index in [2.05, 4.69) is 62.4 Å². The number of rotatable bonds is 6. The average Bonchev–Trinajstić information content (AvgIpc) is 2.49. The molecule has 98 valence electrons. The molecule has 0 unspecified atom stereocenters. The van der Waals surface area contributed by atoms with Crippen LogP contribution in [-0.2, 0) is 21.7 Å². The third kappa shape index (κ3) is 4.68. The minimum absolute atomic E-state index is 0.304. The normalized spacial score (nSPS) is 10.6. The van der Waals surface area contributed by atoms with E-state index in [0.717, 1.165) is 12.8 Å². The van der Waals surface area contributed by atoms with Crippen molar-refractivity contribution in [2.45, 2.75) is 35.6 Å². The topological polar surface area (TPSA) is 0 Å². The predicted octanol–water partition coefficient (Wildman–Crippen LogP) is 4.22. The molecule has 0 saturated heterocycles. The van der Waals surface area contributed by atoms with Gasteiger partial charge in [0.15, 0.2) is 0 Å². The SMILES string of the molecule is CCc1ccc([CH2][Sn][CH2]c2ccc(CC)cc2)cc1. The summed E-state index contributed by atoms with van der Waals surface area (Å²) in [5, 5.41) is 0. The van der Waals surface area contributed by atoms with Gasteiger partial charge in [-0.3, -0.25) is 0 Å². The van der Waals surface area contributed by atoms with Crippen LogP contribution in [0.15, 0.2) is 48.5 Å². The Hall–Kier alpha value is -0.761. The zero-order chi connectivity index (χ0) is 13.5. The number of hydrogen-bond donors (Lipinski definition) is 0. The van der Waals surface area contributed by atoms with E-state index in [0.29, 0.717) is 0 Å². The van der Waals surface area contributed by atoms with Gasteiger partial charge in [-0.25, -0.2) is 0 Å². The first kappa shape index (κ1) is 14.6. The summed E-state index contributed by atoms with van der Waals surface area (Å²) in [6.07, 6.45) is 2.29. The minimum atomic E-state index is -0.304. The zero-order valence-electron chi connectivity index (χ0n) is 11.9. The third-order valence-electron chi connectivity index (χ3n) is 3.52. The van der Waals surface area contributed by atoms with E-state index in [9.17, 15) is 0 Å². The summed E-state index contributed by atoms with van der Waals surface area (Å²) < 4.78 is 2.70. The summed E-state index contributed by atoms with van der Waals surface area (Å²) in [4.78, 5) is 0. The van der Waals surface area contributed by atoms with Crippen LogP contribution in [0.2, 0.25) is 0 Å². The van der Waals surface area contributed by atoms with Crippen molar-refractivity contribution in [2.24, 2.45) is 0 Å². The maximum atomic E-state index is 2.32. The Morgan fingerprint density at radius 3 is 1.21 bits per heavy atom. The first-order valence-corrected chi connectivity index (χ1v) is 11.2. The molecule has 0 aromatic heterocycles. The zero-order valence-corrected chi connectivity index (χ0v) is 14.8. The van der Waals surface area contributed by atoms with E-state index < -0.39 is 0 Å². The molecular formula is C18H22Sn. The Morgan fingerprint density at radius 2 is 0.895 bits per heavy atom. The van der Waals surface area contributed by atoms with E-state index in [-0.39, 0.29) is 21.1 Å². The monoisotopic (exact) mass is 358 g/mol. The molecule has 0 nitrogen and oxygen atoms in total. The number of aryl methyl sites for hydroxylation is 2. The van der Waals surface area contributed by atoms with Crippen molar-refractivity contribution >= 4 is 21.1 Å². The molecule has 2 radical (unpaired) electrons. The third-order valence-corrected chi connectivity index (χ3v) is 7.28. The molecule has 0 amide bonds. The van der Waals surface area contributed by atoms with E-state index in [1.54, 1.807) is 0 Å². The molecule has 0 aliphatic heterocycles. The summed E-state index contributed by atoms with van der Waals surface area (Å²) in [5.74, 6) is 0. The maximum absolute atomic E-state index is 2.32. The summed E-state index contributed by atoms with van der Waals surface area (Å²) in [5.41, 5.74) is 5.97. The molecule has 2 aromatic rings. The van der Waals surface area contributed by atoms with Gasteiger partial charge in [-0.2, -0.15) is 0 Å². The van der Waals surface area contributed by atoms with Crippen molar-refractivity contribution in [3.63, 3.8) is 0 Å². The molecule has 1 heteroatoms. The molecule has 0 fully saturated rings. The van der Waals surface area contributed by atoms with Crippen LogP contribution in [0.5, 0.6) is 0 Å². The standard InChI is InChI=1S/2C9H11.Sn/c2*1-3-9-6-4-8(2)5-7-9;/h2*4-7H,2-3H2,1H3;. The van der Waals surface area contributed by atoms with Gasteiger partial charge in [0, 0.05) is 0 Å². The molecule has 0 heterocycles.